The van der Waals surface area contributed by atoms with Gasteiger partial charge in [-0.15, -0.1) is 0 Å². The number of halogens is 2. The van der Waals surface area contributed by atoms with Crippen LogP contribution in [0.4, 0.5) is 4.39 Å². The first kappa shape index (κ1) is 22.3. The average molecular weight is 425 g/mol. The first-order valence-corrected chi connectivity index (χ1v) is 11.0. The minimum atomic E-state index is -0.313. The monoisotopic (exact) mass is 424 g/mol. The van der Waals surface area contributed by atoms with Gasteiger partial charge in [-0.1, -0.05) is 31.5 Å². The van der Waals surface area contributed by atoms with Gasteiger partial charge in [-0.3, -0.25) is 4.99 Å². The average Bonchev–Trinajstić information content (AvgIpc) is 3.19. The van der Waals surface area contributed by atoms with E-state index < -0.39 is 0 Å². The SMILES string of the molecule is CN=C(NCC(C)(C)c1ccc(F)cc1Cl)NC1CCN(CC2CCOC2)CC1. The number of hydrogen-bond donors (Lipinski definition) is 2. The maximum atomic E-state index is 13.4. The normalized spacial score (nSPS) is 22.1. The second-order valence-electron chi connectivity index (χ2n) is 8.88. The molecule has 0 aliphatic carbocycles. The summed E-state index contributed by atoms with van der Waals surface area (Å²) in [5.74, 6) is 1.19. The first-order chi connectivity index (χ1) is 13.9. The van der Waals surface area contributed by atoms with E-state index in [1.54, 1.807) is 13.1 Å². The van der Waals surface area contributed by atoms with Gasteiger partial charge in [0.25, 0.3) is 0 Å². The third-order valence-corrected chi connectivity index (χ3v) is 6.36. The quantitative estimate of drug-likeness (QED) is 0.542. The Hall–Kier alpha value is -1.37. The number of piperidine rings is 1. The van der Waals surface area contributed by atoms with Crippen molar-refractivity contribution >= 4 is 17.6 Å². The summed E-state index contributed by atoms with van der Waals surface area (Å²) < 4.78 is 18.9. The van der Waals surface area contributed by atoms with Gasteiger partial charge < -0.3 is 20.3 Å². The molecule has 2 aliphatic heterocycles. The summed E-state index contributed by atoms with van der Waals surface area (Å²) in [4.78, 5) is 6.95. The van der Waals surface area contributed by atoms with Gasteiger partial charge in [-0.05, 0) is 42.9 Å². The van der Waals surface area contributed by atoms with Gasteiger partial charge in [0, 0.05) is 56.3 Å². The fourth-order valence-electron chi connectivity index (χ4n) is 4.18. The molecule has 2 heterocycles. The number of likely N-dealkylation sites (tertiary alicyclic amines) is 1. The van der Waals surface area contributed by atoms with Crippen LogP contribution in [0.25, 0.3) is 0 Å². The van der Waals surface area contributed by atoms with Crippen LogP contribution in [0.15, 0.2) is 23.2 Å². The number of hydrogen-bond acceptors (Lipinski definition) is 3. The van der Waals surface area contributed by atoms with Crippen LogP contribution >= 0.6 is 11.6 Å². The molecule has 2 N–H and O–H groups in total. The highest BCUT2D eigenvalue weighted by Crippen LogP contribution is 2.30. The summed E-state index contributed by atoms with van der Waals surface area (Å²) in [5, 5.41) is 7.44. The zero-order valence-electron chi connectivity index (χ0n) is 17.8. The van der Waals surface area contributed by atoms with Crippen LogP contribution in [0.1, 0.15) is 38.7 Å². The lowest BCUT2D eigenvalue weighted by Gasteiger charge is -2.34. The van der Waals surface area contributed by atoms with Crippen molar-refractivity contribution in [2.45, 2.75) is 44.6 Å². The molecular weight excluding hydrogens is 391 g/mol. The number of aliphatic imine (C=N–C) groups is 1. The second-order valence-corrected chi connectivity index (χ2v) is 9.29. The summed E-state index contributed by atoms with van der Waals surface area (Å²) in [6.45, 7) is 10.1. The minimum Gasteiger partial charge on any atom is -0.381 e. The smallest absolute Gasteiger partial charge is 0.191 e. The summed E-state index contributed by atoms with van der Waals surface area (Å²) in [6, 6.07) is 5.02. The number of guanidine groups is 1. The lowest BCUT2D eigenvalue weighted by atomic mass is 9.84. The molecule has 1 aromatic rings. The number of nitrogens with zero attached hydrogens (tertiary/aromatic N) is 2. The Morgan fingerprint density at radius 3 is 2.69 bits per heavy atom. The van der Waals surface area contributed by atoms with E-state index in [4.69, 9.17) is 16.3 Å². The van der Waals surface area contributed by atoms with E-state index in [1.165, 1.54) is 18.6 Å². The van der Waals surface area contributed by atoms with Crippen LogP contribution < -0.4 is 10.6 Å². The van der Waals surface area contributed by atoms with Gasteiger partial charge in [0.05, 0.1) is 6.61 Å². The van der Waals surface area contributed by atoms with E-state index in [0.717, 1.165) is 57.2 Å². The highest BCUT2D eigenvalue weighted by atomic mass is 35.5. The van der Waals surface area contributed by atoms with E-state index in [9.17, 15) is 4.39 Å². The van der Waals surface area contributed by atoms with Gasteiger partial charge >= 0.3 is 0 Å². The molecular formula is C22H34ClFN4O. The summed E-state index contributed by atoms with van der Waals surface area (Å²) in [6.07, 6.45) is 3.42. The molecule has 0 saturated carbocycles. The minimum absolute atomic E-state index is 0.255. The van der Waals surface area contributed by atoms with Crippen LogP contribution in [0.3, 0.4) is 0 Å². The third-order valence-electron chi connectivity index (χ3n) is 6.05. The van der Waals surface area contributed by atoms with Crippen LogP contribution in [0.5, 0.6) is 0 Å². The van der Waals surface area contributed by atoms with Crippen molar-refractivity contribution in [1.82, 2.24) is 15.5 Å². The molecule has 0 amide bonds. The van der Waals surface area contributed by atoms with Crippen molar-refractivity contribution in [2.24, 2.45) is 10.9 Å². The van der Waals surface area contributed by atoms with Crippen LogP contribution in [-0.2, 0) is 10.2 Å². The Bertz CT molecular complexity index is 698. The Morgan fingerprint density at radius 2 is 2.07 bits per heavy atom. The molecule has 1 unspecified atom stereocenters. The second kappa shape index (κ2) is 10.1. The highest BCUT2D eigenvalue weighted by molar-refractivity contribution is 6.31. The lowest BCUT2D eigenvalue weighted by Crippen LogP contribution is -2.51. The number of benzene rings is 1. The third kappa shape index (κ3) is 6.30. The molecule has 2 saturated heterocycles. The molecule has 162 valence electrons. The lowest BCUT2D eigenvalue weighted by molar-refractivity contribution is 0.150. The number of nitrogens with one attached hydrogen (secondary N) is 2. The molecule has 0 bridgehead atoms. The van der Waals surface area contributed by atoms with Crippen LogP contribution in [0, 0.1) is 11.7 Å². The Balaban J connectivity index is 1.45. The van der Waals surface area contributed by atoms with Gasteiger partial charge in [-0.25, -0.2) is 4.39 Å². The van der Waals surface area contributed by atoms with Crippen molar-refractivity contribution in [2.75, 3.05) is 46.4 Å². The highest BCUT2D eigenvalue weighted by Gasteiger charge is 2.26. The van der Waals surface area contributed by atoms with Crippen molar-refractivity contribution in [3.63, 3.8) is 0 Å². The largest absolute Gasteiger partial charge is 0.381 e. The maximum Gasteiger partial charge on any atom is 0.191 e. The maximum absolute atomic E-state index is 13.4. The fraction of sp³-hybridized carbons (Fsp3) is 0.682. The molecule has 0 radical (unpaired) electrons. The molecule has 1 aromatic carbocycles. The van der Waals surface area contributed by atoms with Gasteiger partial charge in [0.1, 0.15) is 5.82 Å². The number of rotatable bonds is 6. The topological polar surface area (TPSA) is 48.9 Å². The van der Waals surface area contributed by atoms with E-state index in [0.29, 0.717) is 23.5 Å². The molecule has 29 heavy (non-hydrogen) atoms. The predicted octanol–water partition coefficient (Wildman–Crippen LogP) is 3.42. The van der Waals surface area contributed by atoms with Crippen molar-refractivity contribution in [1.29, 1.82) is 0 Å². The summed E-state index contributed by atoms with van der Waals surface area (Å²) in [7, 11) is 1.79. The standard InChI is InChI=1S/C22H34ClFN4O/c1-22(2,19-5-4-17(24)12-20(19)23)15-26-21(25-3)27-18-6-9-28(10-7-18)13-16-8-11-29-14-16/h4-5,12,16,18H,6-11,13-15H2,1-3H3,(H2,25,26,27). The Kier molecular flexibility index (Phi) is 7.77. The molecule has 0 spiro atoms. The molecule has 7 heteroatoms. The Labute approximate surface area is 179 Å². The fourth-order valence-corrected chi connectivity index (χ4v) is 4.60. The van der Waals surface area contributed by atoms with Gasteiger partial charge in [0.15, 0.2) is 5.96 Å². The zero-order chi connectivity index (χ0) is 20.9. The number of ether oxygens (including phenoxy) is 1. The van der Waals surface area contributed by atoms with E-state index in [1.807, 2.05) is 0 Å². The van der Waals surface area contributed by atoms with Crippen molar-refractivity contribution in [3.05, 3.63) is 34.6 Å². The van der Waals surface area contributed by atoms with Crippen LogP contribution in [-0.4, -0.2) is 63.3 Å². The van der Waals surface area contributed by atoms with Crippen LogP contribution in [0.2, 0.25) is 5.02 Å². The van der Waals surface area contributed by atoms with E-state index in [-0.39, 0.29) is 11.2 Å². The summed E-state index contributed by atoms with van der Waals surface area (Å²) in [5.41, 5.74) is 0.669. The molecule has 0 aromatic heterocycles. The predicted molar refractivity (Wildman–Crippen MR) is 117 cm³/mol. The van der Waals surface area contributed by atoms with Crippen molar-refractivity contribution in [3.8, 4) is 0 Å². The molecule has 2 fully saturated rings. The van der Waals surface area contributed by atoms with Gasteiger partial charge in [-0.2, -0.15) is 0 Å². The zero-order valence-corrected chi connectivity index (χ0v) is 18.6. The van der Waals surface area contributed by atoms with E-state index >= 15 is 0 Å². The Morgan fingerprint density at radius 1 is 1.31 bits per heavy atom. The molecule has 3 rings (SSSR count). The molecule has 1 atom stereocenters. The van der Waals surface area contributed by atoms with Gasteiger partial charge in [0.2, 0.25) is 0 Å². The first-order valence-electron chi connectivity index (χ1n) is 10.6. The summed E-state index contributed by atoms with van der Waals surface area (Å²) >= 11 is 6.27. The molecule has 2 aliphatic rings. The van der Waals surface area contributed by atoms with Crippen molar-refractivity contribution < 1.29 is 9.13 Å². The molecule has 5 nitrogen and oxygen atoms in total. The van der Waals surface area contributed by atoms with E-state index in [2.05, 4.69) is 34.4 Å².